The fourth-order valence-corrected chi connectivity index (χ4v) is 2.74. The van der Waals surface area contributed by atoms with E-state index in [1.54, 1.807) is 0 Å². The molecule has 0 atom stereocenters. The Labute approximate surface area is 124 Å². The van der Waals surface area contributed by atoms with Crippen LogP contribution in [0.1, 0.15) is 16.8 Å². The third-order valence-electron chi connectivity index (χ3n) is 2.76. The molecule has 0 aliphatic rings. The number of nitrogens with zero attached hydrogens (tertiary/aromatic N) is 1. The van der Waals surface area contributed by atoms with Crippen LogP contribution in [0.25, 0.3) is 0 Å². The summed E-state index contributed by atoms with van der Waals surface area (Å²) in [5.41, 5.74) is -0.186. The molecule has 0 saturated heterocycles. The summed E-state index contributed by atoms with van der Waals surface area (Å²) in [6, 6.07) is 3.48. The third kappa shape index (κ3) is 5.00. The van der Waals surface area contributed by atoms with Gasteiger partial charge in [-0.3, -0.25) is 0 Å². The summed E-state index contributed by atoms with van der Waals surface area (Å²) in [6.45, 7) is 1.04. The zero-order chi connectivity index (χ0) is 16.0. The van der Waals surface area contributed by atoms with Gasteiger partial charge in [-0.05, 0) is 45.3 Å². The summed E-state index contributed by atoms with van der Waals surface area (Å²) < 4.78 is 31.1. The highest BCUT2D eigenvalue weighted by Gasteiger charge is 2.19. The highest BCUT2D eigenvalue weighted by atomic mass is 32.2. The van der Waals surface area contributed by atoms with Crippen LogP contribution >= 0.6 is 0 Å². The molecule has 0 aromatic heterocycles. The van der Waals surface area contributed by atoms with E-state index in [1.807, 2.05) is 19.0 Å². The molecule has 0 saturated carbocycles. The van der Waals surface area contributed by atoms with Crippen molar-refractivity contribution in [2.75, 3.05) is 34.3 Å². The molecular weight excluding hydrogens is 296 g/mol. The molecule has 0 spiro atoms. The number of phenolic OH excluding ortho intramolecular Hbond substituents is 1. The van der Waals surface area contributed by atoms with Crippen LogP contribution in [-0.4, -0.2) is 58.7 Å². The normalized spacial score (nSPS) is 11.6. The maximum Gasteiger partial charge on any atom is 0.341 e. The largest absolute Gasteiger partial charge is 0.507 e. The lowest BCUT2D eigenvalue weighted by Crippen LogP contribution is -2.27. The highest BCUT2D eigenvalue weighted by Crippen LogP contribution is 2.22. The van der Waals surface area contributed by atoms with E-state index in [0.717, 1.165) is 25.8 Å². The molecule has 7 nitrogen and oxygen atoms in total. The van der Waals surface area contributed by atoms with Crippen molar-refractivity contribution < 1.29 is 23.1 Å². The molecule has 1 rings (SSSR count). The molecule has 0 bridgehead atoms. The molecule has 1 aromatic carbocycles. The molecular formula is C13H20N2O5S. The Kier molecular flexibility index (Phi) is 6.13. The Morgan fingerprint density at radius 3 is 2.62 bits per heavy atom. The fourth-order valence-electron chi connectivity index (χ4n) is 1.64. The summed E-state index contributed by atoms with van der Waals surface area (Å²) in [6.07, 6.45) is 0.661. The minimum atomic E-state index is -3.73. The summed E-state index contributed by atoms with van der Waals surface area (Å²) in [4.78, 5) is 13.3. The van der Waals surface area contributed by atoms with Crippen LogP contribution in [0.5, 0.6) is 5.75 Å². The maximum absolute atomic E-state index is 12.1. The Morgan fingerprint density at radius 1 is 1.38 bits per heavy atom. The Balaban J connectivity index is 2.86. The first kappa shape index (κ1) is 17.4. The van der Waals surface area contributed by atoms with Crippen LogP contribution in [0.15, 0.2) is 23.1 Å². The SMILES string of the molecule is COC(=O)c1cc(S(=O)(=O)NCCCN(C)C)ccc1O. The number of ether oxygens (including phenoxy) is 1. The van der Waals surface area contributed by atoms with Gasteiger partial charge in [-0.1, -0.05) is 0 Å². The van der Waals surface area contributed by atoms with Gasteiger partial charge in [0.15, 0.2) is 0 Å². The maximum atomic E-state index is 12.1. The molecule has 0 unspecified atom stereocenters. The molecule has 118 valence electrons. The average Bonchev–Trinajstić information content (AvgIpc) is 2.43. The van der Waals surface area contributed by atoms with Crippen molar-refractivity contribution in [3.8, 4) is 5.75 Å². The van der Waals surface area contributed by atoms with E-state index in [-0.39, 0.29) is 22.8 Å². The number of sulfonamides is 1. The van der Waals surface area contributed by atoms with Crippen molar-refractivity contribution in [3.05, 3.63) is 23.8 Å². The predicted octanol–water partition coefficient (Wildman–Crippen LogP) is 0.409. The highest BCUT2D eigenvalue weighted by molar-refractivity contribution is 7.89. The first-order valence-corrected chi connectivity index (χ1v) is 7.82. The monoisotopic (exact) mass is 316 g/mol. The quantitative estimate of drug-likeness (QED) is 0.559. The van der Waals surface area contributed by atoms with Gasteiger partial charge in [0.1, 0.15) is 11.3 Å². The van der Waals surface area contributed by atoms with Gasteiger partial charge in [-0.15, -0.1) is 0 Å². The number of carbonyl (C=O) groups is 1. The molecule has 21 heavy (non-hydrogen) atoms. The van der Waals surface area contributed by atoms with Crippen LogP contribution in [0.2, 0.25) is 0 Å². The van der Waals surface area contributed by atoms with E-state index < -0.39 is 16.0 Å². The van der Waals surface area contributed by atoms with Crippen LogP contribution in [0.4, 0.5) is 0 Å². The molecule has 2 N–H and O–H groups in total. The Bertz CT molecular complexity index is 599. The lowest BCUT2D eigenvalue weighted by molar-refractivity contribution is 0.0597. The van der Waals surface area contributed by atoms with Crippen molar-refractivity contribution in [2.24, 2.45) is 0 Å². The molecule has 0 radical (unpaired) electrons. The first-order valence-electron chi connectivity index (χ1n) is 6.33. The van der Waals surface area contributed by atoms with E-state index in [1.165, 1.54) is 6.07 Å². The van der Waals surface area contributed by atoms with Gasteiger partial charge in [-0.25, -0.2) is 17.9 Å². The summed E-state index contributed by atoms with van der Waals surface area (Å²) >= 11 is 0. The number of hydrogen-bond acceptors (Lipinski definition) is 6. The molecule has 1 aromatic rings. The number of phenols is 1. The third-order valence-corrected chi connectivity index (χ3v) is 4.22. The number of methoxy groups -OCH3 is 1. The number of aromatic hydroxyl groups is 1. The minimum absolute atomic E-state index is 0.0921. The average molecular weight is 316 g/mol. The van der Waals surface area contributed by atoms with Crippen molar-refractivity contribution in [1.29, 1.82) is 0 Å². The zero-order valence-electron chi connectivity index (χ0n) is 12.3. The van der Waals surface area contributed by atoms with Crippen LogP contribution in [0.3, 0.4) is 0 Å². The molecule has 0 amide bonds. The standard InChI is InChI=1S/C13H20N2O5S/c1-15(2)8-4-7-14-21(18,19)10-5-6-12(16)11(9-10)13(17)20-3/h5-6,9,14,16H,4,7-8H2,1-3H3. The van der Waals surface area contributed by atoms with Gasteiger partial charge in [0.2, 0.25) is 10.0 Å². The van der Waals surface area contributed by atoms with Gasteiger partial charge in [0, 0.05) is 6.54 Å². The van der Waals surface area contributed by atoms with Crippen LogP contribution in [-0.2, 0) is 14.8 Å². The van der Waals surface area contributed by atoms with E-state index in [2.05, 4.69) is 9.46 Å². The number of esters is 1. The van der Waals surface area contributed by atoms with E-state index >= 15 is 0 Å². The van der Waals surface area contributed by atoms with E-state index in [4.69, 9.17) is 0 Å². The second-order valence-corrected chi connectivity index (χ2v) is 6.49. The Morgan fingerprint density at radius 2 is 2.05 bits per heavy atom. The number of nitrogens with one attached hydrogen (secondary N) is 1. The van der Waals surface area contributed by atoms with Gasteiger partial charge >= 0.3 is 5.97 Å². The number of carbonyl (C=O) groups excluding carboxylic acids is 1. The topological polar surface area (TPSA) is 95.9 Å². The number of hydrogen-bond donors (Lipinski definition) is 2. The Hall–Kier alpha value is -1.64. The molecule has 8 heteroatoms. The minimum Gasteiger partial charge on any atom is -0.507 e. The lowest BCUT2D eigenvalue weighted by Gasteiger charge is -2.11. The number of benzene rings is 1. The van der Waals surface area contributed by atoms with Gasteiger partial charge in [0.25, 0.3) is 0 Å². The summed E-state index contributed by atoms with van der Waals surface area (Å²) in [7, 11) is 1.23. The van der Waals surface area contributed by atoms with Gasteiger partial charge < -0.3 is 14.7 Å². The number of rotatable bonds is 7. The van der Waals surface area contributed by atoms with Crippen molar-refractivity contribution in [1.82, 2.24) is 9.62 Å². The van der Waals surface area contributed by atoms with Crippen molar-refractivity contribution >= 4 is 16.0 Å². The van der Waals surface area contributed by atoms with Crippen LogP contribution in [0, 0.1) is 0 Å². The molecule has 0 heterocycles. The van der Waals surface area contributed by atoms with E-state index in [9.17, 15) is 18.3 Å². The lowest BCUT2D eigenvalue weighted by atomic mass is 10.2. The molecule has 0 aliphatic carbocycles. The predicted molar refractivity (Wildman–Crippen MR) is 77.8 cm³/mol. The fraction of sp³-hybridized carbons (Fsp3) is 0.462. The van der Waals surface area contributed by atoms with E-state index in [0.29, 0.717) is 6.42 Å². The molecule has 0 fully saturated rings. The van der Waals surface area contributed by atoms with Gasteiger partial charge in [0.05, 0.1) is 12.0 Å². The van der Waals surface area contributed by atoms with Crippen molar-refractivity contribution in [2.45, 2.75) is 11.3 Å². The second kappa shape index (κ2) is 7.39. The zero-order valence-corrected chi connectivity index (χ0v) is 13.1. The second-order valence-electron chi connectivity index (χ2n) is 4.73. The summed E-state index contributed by atoms with van der Waals surface area (Å²) in [5.74, 6) is -1.12. The van der Waals surface area contributed by atoms with Crippen molar-refractivity contribution in [3.63, 3.8) is 0 Å². The smallest absolute Gasteiger partial charge is 0.341 e. The van der Waals surface area contributed by atoms with Crippen LogP contribution < -0.4 is 4.72 Å². The molecule has 0 aliphatic heterocycles. The summed E-state index contributed by atoms with van der Waals surface area (Å²) in [5, 5.41) is 9.56. The first-order chi connectivity index (χ1) is 9.77. The van der Waals surface area contributed by atoms with Gasteiger partial charge in [-0.2, -0.15) is 0 Å².